The van der Waals surface area contributed by atoms with E-state index < -0.39 is 12.1 Å². The van der Waals surface area contributed by atoms with E-state index in [-0.39, 0.29) is 12.5 Å². The third-order valence-corrected chi connectivity index (χ3v) is 7.93. The number of nitrogens with one attached hydrogen (secondary N) is 1. The molecule has 0 saturated heterocycles. The maximum Gasteiger partial charge on any atom is 0.220 e. The largest absolute Gasteiger partial charge is 0.394 e. The van der Waals surface area contributed by atoms with Crippen molar-refractivity contribution in [2.75, 3.05) is 6.61 Å². The second kappa shape index (κ2) is 32.4. The zero-order chi connectivity index (χ0) is 29.4. The van der Waals surface area contributed by atoms with Crippen LogP contribution < -0.4 is 5.32 Å². The van der Waals surface area contributed by atoms with E-state index >= 15 is 0 Å². The molecular formula is C36H69NO3. The Morgan fingerprint density at radius 2 is 0.950 bits per heavy atom. The van der Waals surface area contributed by atoms with Gasteiger partial charge >= 0.3 is 0 Å². The van der Waals surface area contributed by atoms with Gasteiger partial charge in [-0.25, -0.2) is 0 Å². The summed E-state index contributed by atoms with van der Waals surface area (Å²) in [4.78, 5) is 12.3. The second-order valence-corrected chi connectivity index (χ2v) is 11.9. The van der Waals surface area contributed by atoms with Crippen LogP contribution in [0.25, 0.3) is 0 Å². The highest BCUT2D eigenvalue weighted by Crippen LogP contribution is 2.13. The number of aliphatic hydroxyl groups excluding tert-OH is 2. The van der Waals surface area contributed by atoms with E-state index in [1.165, 1.54) is 135 Å². The lowest BCUT2D eigenvalue weighted by molar-refractivity contribution is -0.123. The number of hydrogen-bond donors (Lipinski definition) is 3. The van der Waals surface area contributed by atoms with Gasteiger partial charge < -0.3 is 15.5 Å². The molecular weight excluding hydrogens is 494 g/mol. The van der Waals surface area contributed by atoms with Crippen LogP contribution in [0.2, 0.25) is 0 Å². The number of unbranched alkanes of at least 4 members (excludes halogenated alkanes) is 22. The summed E-state index contributed by atoms with van der Waals surface area (Å²) in [5, 5.41) is 22.7. The minimum absolute atomic E-state index is 0.0698. The van der Waals surface area contributed by atoms with E-state index in [2.05, 4.69) is 31.3 Å². The van der Waals surface area contributed by atoms with Gasteiger partial charge in [-0.05, 0) is 44.9 Å². The van der Waals surface area contributed by atoms with Crippen LogP contribution in [0.1, 0.15) is 181 Å². The molecule has 0 aromatic rings. The number of carbonyl (C=O) groups excluding carboxylic acids is 1. The molecule has 4 heteroatoms. The van der Waals surface area contributed by atoms with Gasteiger partial charge in [0.1, 0.15) is 0 Å². The van der Waals surface area contributed by atoms with Crippen molar-refractivity contribution in [3.05, 3.63) is 24.3 Å². The Morgan fingerprint density at radius 1 is 0.575 bits per heavy atom. The number of hydrogen-bond acceptors (Lipinski definition) is 3. The zero-order valence-corrected chi connectivity index (χ0v) is 26.9. The number of aliphatic hydroxyl groups is 2. The Labute approximate surface area is 249 Å². The van der Waals surface area contributed by atoms with Crippen molar-refractivity contribution in [3.8, 4) is 0 Å². The van der Waals surface area contributed by atoms with Crippen molar-refractivity contribution in [2.45, 2.75) is 193 Å². The average Bonchev–Trinajstić information content (AvgIpc) is 2.96. The normalized spacial score (nSPS) is 13.4. The molecule has 0 saturated carbocycles. The van der Waals surface area contributed by atoms with Crippen molar-refractivity contribution in [1.29, 1.82) is 0 Å². The van der Waals surface area contributed by atoms with Crippen molar-refractivity contribution in [3.63, 3.8) is 0 Å². The molecule has 0 unspecified atom stereocenters. The van der Waals surface area contributed by atoms with Gasteiger partial charge in [-0.15, -0.1) is 0 Å². The Kier molecular flexibility index (Phi) is 31.5. The molecule has 0 aromatic heterocycles. The number of amides is 1. The fourth-order valence-corrected chi connectivity index (χ4v) is 5.17. The van der Waals surface area contributed by atoms with E-state index in [0.29, 0.717) is 6.42 Å². The number of carbonyl (C=O) groups is 1. The highest BCUT2D eigenvalue weighted by atomic mass is 16.3. The summed E-state index contributed by atoms with van der Waals surface area (Å²) in [5.41, 5.74) is 0. The van der Waals surface area contributed by atoms with Crippen LogP contribution in [0, 0.1) is 0 Å². The Balaban J connectivity index is 3.57. The minimum atomic E-state index is -0.834. The fourth-order valence-electron chi connectivity index (χ4n) is 5.17. The van der Waals surface area contributed by atoms with Crippen LogP contribution in [-0.4, -0.2) is 34.9 Å². The molecule has 0 aromatic carbocycles. The highest BCUT2D eigenvalue weighted by Gasteiger charge is 2.17. The highest BCUT2D eigenvalue weighted by molar-refractivity contribution is 5.76. The van der Waals surface area contributed by atoms with Crippen LogP contribution in [0.3, 0.4) is 0 Å². The predicted molar refractivity (Wildman–Crippen MR) is 175 cm³/mol. The van der Waals surface area contributed by atoms with Gasteiger partial charge in [0.15, 0.2) is 0 Å². The third kappa shape index (κ3) is 28.4. The van der Waals surface area contributed by atoms with Crippen LogP contribution in [0.4, 0.5) is 0 Å². The van der Waals surface area contributed by atoms with Crippen molar-refractivity contribution in [1.82, 2.24) is 5.32 Å². The summed E-state index contributed by atoms with van der Waals surface area (Å²) in [5.74, 6) is -0.0698. The molecule has 0 aliphatic heterocycles. The lowest BCUT2D eigenvalue weighted by Gasteiger charge is -2.20. The van der Waals surface area contributed by atoms with Crippen LogP contribution >= 0.6 is 0 Å². The van der Waals surface area contributed by atoms with Crippen molar-refractivity contribution in [2.24, 2.45) is 0 Å². The quantitative estimate of drug-likeness (QED) is 0.0580. The minimum Gasteiger partial charge on any atom is -0.394 e. The molecule has 3 N–H and O–H groups in total. The van der Waals surface area contributed by atoms with E-state index in [1.807, 2.05) is 6.08 Å². The predicted octanol–water partition coefficient (Wildman–Crippen LogP) is 10.1. The molecule has 236 valence electrons. The first-order valence-corrected chi connectivity index (χ1v) is 17.6. The molecule has 1 amide bonds. The maximum atomic E-state index is 12.3. The topological polar surface area (TPSA) is 69.6 Å². The summed E-state index contributed by atoms with van der Waals surface area (Å²) in [6.07, 6.45) is 39.7. The van der Waals surface area contributed by atoms with Crippen LogP contribution in [-0.2, 0) is 4.79 Å². The van der Waals surface area contributed by atoms with Gasteiger partial charge in [0.05, 0.1) is 18.8 Å². The smallest absolute Gasteiger partial charge is 0.220 e. The third-order valence-electron chi connectivity index (χ3n) is 7.93. The summed E-state index contributed by atoms with van der Waals surface area (Å²) in [7, 11) is 0. The molecule has 0 heterocycles. The zero-order valence-electron chi connectivity index (χ0n) is 26.9. The molecule has 0 rings (SSSR count). The molecule has 0 bridgehead atoms. The van der Waals surface area contributed by atoms with Gasteiger partial charge in [0.25, 0.3) is 0 Å². The van der Waals surface area contributed by atoms with Gasteiger partial charge in [0, 0.05) is 6.42 Å². The summed E-state index contributed by atoms with van der Waals surface area (Å²) >= 11 is 0. The monoisotopic (exact) mass is 564 g/mol. The van der Waals surface area contributed by atoms with E-state index in [9.17, 15) is 15.0 Å². The maximum absolute atomic E-state index is 12.3. The molecule has 4 nitrogen and oxygen atoms in total. The first-order valence-electron chi connectivity index (χ1n) is 17.6. The standard InChI is InChI=1S/C36H69NO3/c1-3-5-7-9-11-13-14-15-16-17-18-19-20-21-22-24-26-28-30-32-36(40)37-34(33-38)35(39)31-29-27-25-23-12-10-8-6-4-2/h15-16,29,31,34-35,38-39H,3-14,17-28,30,32-33H2,1-2H3,(H,37,40)/b16-15+,31-29+/t34-,35+/m0/s1. The second-order valence-electron chi connectivity index (χ2n) is 11.9. The van der Waals surface area contributed by atoms with E-state index in [0.717, 1.165) is 25.7 Å². The fraction of sp³-hybridized carbons (Fsp3) is 0.861. The molecule has 2 atom stereocenters. The Bertz CT molecular complexity index is 574. The first kappa shape index (κ1) is 38.9. The van der Waals surface area contributed by atoms with Gasteiger partial charge in [-0.2, -0.15) is 0 Å². The molecule has 0 radical (unpaired) electrons. The van der Waals surface area contributed by atoms with E-state index in [4.69, 9.17) is 0 Å². The molecule has 40 heavy (non-hydrogen) atoms. The summed E-state index contributed by atoms with van der Waals surface area (Å²) in [6, 6.07) is -0.617. The van der Waals surface area contributed by atoms with Crippen molar-refractivity contribution >= 4 is 5.91 Å². The Hall–Kier alpha value is -1.13. The van der Waals surface area contributed by atoms with Gasteiger partial charge in [0.2, 0.25) is 5.91 Å². The molecule has 0 fully saturated rings. The first-order chi connectivity index (χ1) is 19.7. The molecule has 0 spiro atoms. The van der Waals surface area contributed by atoms with Gasteiger partial charge in [-0.1, -0.05) is 154 Å². The number of allylic oxidation sites excluding steroid dienone is 3. The number of rotatable bonds is 31. The Morgan fingerprint density at radius 3 is 1.38 bits per heavy atom. The SMILES string of the molecule is CCCCCCCC/C=C/CCCCCCCCCCCC(=O)N[C@@H](CO)[C@H](O)/C=C/CCCCCCCCC. The average molecular weight is 564 g/mol. The van der Waals surface area contributed by atoms with Crippen molar-refractivity contribution < 1.29 is 15.0 Å². The molecule has 0 aliphatic carbocycles. The van der Waals surface area contributed by atoms with Crippen LogP contribution in [0.15, 0.2) is 24.3 Å². The lowest BCUT2D eigenvalue weighted by atomic mass is 10.0. The van der Waals surface area contributed by atoms with E-state index in [1.54, 1.807) is 6.08 Å². The summed E-state index contributed by atoms with van der Waals surface area (Å²) in [6.45, 7) is 4.26. The summed E-state index contributed by atoms with van der Waals surface area (Å²) < 4.78 is 0. The lowest BCUT2D eigenvalue weighted by Crippen LogP contribution is -2.45. The van der Waals surface area contributed by atoms with Crippen LogP contribution in [0.5, 0.6) is 0 Å². The molecule has 0 aliphatic rings. The van der Waals surface area contributed by atoms with Gasteiger partial charge in [-0.3, -0.25) is 4.79 Å².